The van der Waals surface area contributed by atoms with Crippen LogP contribution in [0.4, 0.5) is 5.69 Å². The van der Waals surface area contributed by atoms with Crippen LogP contribution >= 0.6 is 11.6 Å². The fraction of sp³-hybridized carbons (Fsp3) is 0.286. The highest BCUT2D eigenvalue weighted by molar-refractivity contribution is 6.30. The number of amides is 2. The number of nitrogens with one attached hydrogen (secondary N) is 1. The number of nitrogens with zero attached hydrogens (tertiary/aromatic N) is 1. The summed E-state index contributed by atoms with van der Waals surface area (Å²) in [5.74, 6) is -0.641. The molecule has 0 atom stereocenters. The number of carbonyl (C=O) groups is 3. The zero-order valence-corrected chi connectivity index (χ0v) is 16.5. The number of likely N-dealkylation sites (N-methyl/N-ethyl adjacent to an activating group) is 1. The van der Waals surface area contributed by atoms with E-state index in [0.29, 0.717) is 16.3 Å². The quantitative estimate of drug-likeness (QED) is 0.731. The molecule has 142 valence electrons. The maximum Gasteiger partial charge on any atom is 0.243 e. The summed E-state index contributed by atoms with van der Waals surface area (Å²) >= 11 is 5.80. The van der Waals surface area contributed by atoms with Gasteiger partial charge in [0.1, 0.15) is 0 Å². The van der Waals surface area contributed by atoms with E-state index in [1.54, 1.807) is 37.4 Å². The number of hydrogen-bond donors (Lipinski definition) is 1. The number of hydrogen-bond acceptors (Lipinski definition) is 3. The predicted octanol–water partition coefficient (Wildman–Crippen LogP) is 4.02. The molecule has 0 bridgehead atoms. The van der Waals surface area contributed by atoms with Gasteiger partial charge in [-0.2, -0.15) is 0 Å². The summed E-state index contributed by atoms with van der Waals surface area (Å²) in [4.78, 5) is 37.8. The molecule has 0 saturated carbocycles. The van der Waals surface area contributed by atoms with Gasteiger partial charge in [0.15, 0.2) is 5.78 Å². The number of anilines is 1. The number of carbonyl (C=O) groups excluding carboxylic acids is 3. The van der Waals surface area contributed by atoms with E-state index >= 15 is 0 Å². The smallest absolute Gasteiger partial charge is 0.243 e. The Labute approximate surface area is 164 Å². The fourth-order valence-electron chi connectivity index (χ4n) is 2.51. The third-order valence-electron chi connectivity index (χ3n) is 4.33. The lowest BCUT2D eigenvalue weighted by molar-refractivity contribution is -0.133. The van der Waals surface area contributed by atoms with Crippen LogP contribution in [0.1, 0.15) is 34.3 Å². The van der Waals surface area contributed by atoms with E-state index in [2.05, 4.69) is 5.32 Å². The fourth-order valence-corrected chi connectivity index (χ4v) is 2.63. The maximum absolute atomic E-state index is 12.3. The Morgan fingerprint density at radius 3 is 2.26 bits per heavy atom. The SMILES string of the molecule is Cc1ccc(C(=O)CCC(=O)N(C)CC(=O)Nc2ccc(Cl)cc2)cc1C. The summed E-state index contributed by atoms with van der Waals surface area (Å²) in [6.45, 7) is 3.85. The van der Waals surface area contributed by atoms with Crippen molar-refractivity contribution >= 4 is 34.9 Å². The molecule has 2 aromatic rings. The summed E-state index contributed by atoms with van der Waals surface area (Å²) in [5.41, 5.74) is 3.38. The van der Waals surface area contributed by atoms with Gasteiger partial charge in [-0.1, -0.05) is 23.7 Å². The third-order valence-corrected chi connectivity index (χ3v) is 4.58. The molecule has 0 spiro atoms. The van der Waals surface area contributed by atoms with Gasteiger partial charge in [-0.3, -0.25) is 14.4 Å². The molecular formula is C21H23ClN2O3. The summed E-state index contributed by atoms with van der Waals surface area (Å²) in [6.07, 6.45) is 0.182. The molecule has 1 N–H and O–H groups in total. The molecule has 0 aliphatic rings. The first-order valence-corrected chi connectivity index (χ1v) is 9.04. The lowest BCUT2D eigenvalue weighted by Crippen LogP contribution is -2.35. The molecule has 5 nitrogen and oxygen atoms in total. The minimum atomic E-state index is -0.311. The van der Waals surface area contributed by atoms with Crippen LogP contribution in [-0.2, 0) is 9.59 Å². The number of halogens is 1. The van der Waals surface area contributed by atoms with E-state index in [1.807, 2.05) is 26.0 Å². The molecule has 0 fully saturated rings. The summed E-state index contributed by atoms with van der Waals surface area (Å²) in [5, 5.41) is 3.28. The van der Waals surface area contributed by atoms with Crippen molar-refractivity contribution < 1.29 is 14.4 Å². The van der Waals surface area contributed by atoms with Crippen LogP contribution < -0.4 is 5.32 Å². The van der Waals surface area contributed by atoms with E-state index in [4.69, 9.17) is 11.6 Å². The molecule has 0 radical (unpaired) electrons. The van der Waals surface area contributed by atoms with Crippen molar-refractivity contribution in [3.63, 3.8) is 0 Å². The van der Waals surface area contributed by atoms with Crippen LogP contribution in [0.3, 0.4) is 0 Å². The van der Waals surface area contributed by atoms with Gasteiger partial charge in [-0.25, -0.2) is 0 Å². The number of ketones is 1. The minimum Gasteiger partial charge on any atom is -0.336 e. The standard InChI is InChI=1S/C21H23ClN2O3/c1-14-4-5-16(12-15(14)2)19(25)10-11-21(27)24(3)13-20(26)23-18-8-6-17(22)7-9-18/h4-9,12H,10-11,13H2,1-3H3,(H,23,26). The van der Waals surface area contributed by atoms with Crippen LogP contribution in [0.2, 0.25) is 5.02 Å². The van der Waals surface area contributed by atoms with Crippen molar-refractivity contribution in [3.8, 4) is 0 Å². The number of rotatable bonds is 7. The molecule has 0 heterocycles. The van der Waals surface area contributed by atoms with Crippen LogP contribution in [0.5, 0.6) is 0 Å². The van der Waals surface area contributed by atoms with Gasteiger partial charge in [-0.15, -0.1) is 0 Å². The predicted molar refractivity (Wildman–Crippen MR) is 107 cm³/mol. The van der Waals surface area contributed by atoms with Crippen molar-refractivity contribution in [2.24, 2.45) is 0 Å². The monoisotopic (exact) mass is 386 g/mol. The number of aryl methyl sites for hydroxylation is 2. The average molecular weight is 387 g/mol. The summed E-state index contributed by atoms with van der Waals surface area (Å²) in [6, 6.07) is 12.2. The first kappa shape index (κ1) is 20.6. The van der Waals surface area contributed by atoms with Gasteiger partial charge in [0.2, 0.25) is 11.8 Å². The highest BCUT2D eigenvalue weighted by Gasteiger charge is 2.15. The molecule has 0 saturated heterocycles. The van der Waals surface area contributed by atoms with Gasteiger partial charge in [-0.05, 0) is 55.3 Å². The van der Waals surface area contributed by atoms with Crippen molar-refractivity contribution in [2.45, 2.75) is 26.7 Å². The largest absolute Gasteiger partial charge is 0.336 e. The first-order valence-electron chi connectivity index (χ1n) is 8.66. The minimum absolute atomic E-state index is 0.0660. The van der Waals surface area contributed by atoms with Crippen LogP contribution in [0.15, 0.2) is 42.5 Å². The Kier molecular flexibility index (Phi) is 7.13. The number of Topliss-reactive ketones (excluding diaryl/α,β-unsaturated/α-hetero) is 1. The Balaban J connectivity index is 1.82. The molecule has 2 rings (SSSR count). The zero-order chi connectivity index (χ0) is 20.0. The van der Waals surface area contributed by atoms with Crippen molar-refractivity contribution in [1.82, 2.24) is 4.90 Å². The zero-order valence-electron chi connectivity index (χ0n) is 15.7. The normalized spacial score (nSPS) is 10.4. The Morgan fingerprint density at radius 2 is 1.63 bits per heavy atom. The lowest BCUT2D eigenvalue weighted by atomic mass is 10.0. The Bertz CT molecular complexity index is 847. The second-order valence-corrected chi connectivity index (χ2v) is 6.96. The van der Waals surface area contributed by atoms with E-state index in [1.165, 1.54) is 4.90 Å². The van der Waals surface area contributed by atoms with Crippen molar-refractivity contribution in [2.75, 3.05) is 18.9 Å². The lowest BCUT2D eigenvalue weighted by Gasteiger charge is -2.16. The third kappa shape index (κ3) is 6.22. The molecule has 0 aromatic heterocycles. The highest BCUT2D eigenvalue weighted by atomic mass is 35.5. The Hall–Kier alpha value is -2.66. The van der Waals surface area contributed by atoms with Gasteiger partial charge < -0.3 is 10.2 Å². The molecule has 6 heteroatoms. The van der Waals surface area contributed by atoms with Crippen LogP contribution in [-0.4, -0.2) is 36.1 Å². The molecule has 27 heavy (non-hydrogen) atoms. The topological polar surface area (TPSA) is 66.5 Å². The van der Waals surface area contributed by atoms with E-state index < -0.39 is 0 Å². The molecule has 2 amide bonds. The van der Waals surface area contributed by atoms with Gasteiger partial charge in [0, 0.05) is 36.2 Å². The highest BCUT2D eigenvalue weighted by Crippen LogP contribution is 2.14. The Morgan fingerprint density at radius 1 is 0.963 bits per heavy atom. The van der Waals surface area contributed by atoms with E-state index in [0.717, 1.165) is 11.1 Å². The van der Waals surface area contributed by atoms with Gasteiger partial charge in [0.05, 0.1) is 6.54 Å². The summed E-state index contributed by atoms with van der Waals surface area (Å²) < 4.78 is 0. The first-order chi connectivity index (χ1) is 12.8. The van der Waals surface area contributed by atoms with Crippen molar-refractivity contribution in [1.29, 1.82) is 0 Å². The second kappa shape index (κ2) is 9.33. The number of benzene rings is 2. The van der Waals surface area contributed by atoms with Gasteiger partial charge >= 0.3 is 0 Å². The maximum atomic E-state index is 12.3. The van der Waals surface area contributed by atoms with Crippen LogP contribution in [0, 0.1) is 13.8 Å². The summed E-state index contributed by atoms with van der Waals surface area (Å²) in [7, 11) is 1.55. The molecule has 2 aromatic carbocycles. The molecule has 0 aliphatic heterocycles. The molecule has 0 aliphatic carbocycles. The van der Waals surface area contributed by atoms with E-state index in [9.17, 15) is 14.4 Å². The second-order valence-electron chi connectivity index (χ2n) is 6.53. The van der Waals surface area contributed by atoms with E-state index in [-0.39, 0.29) is 37.0 Å². The molecular weight excluding hydrogens is 364 g/mol. The van der Waals surface area contributed by atoms with Crippen molar-refractivity contribution in [3.05, 3.63) is 64.2 Å². The average Bonchev–Trinajstić information content (AvgIpc) is 2.63. The molecule has 0 unspecified atom stereocenters. The van der Waals surface area contributed by atoms with Gasteiger partial charge in [0.25, 0.3) is 0 Å². The van der Waals surface area contributed by atoms with Crippen LogP contribution in [0.25, 0.3) is 0 Å².